The predicted molar refractivity (Wildman–Crippen MR) is 78.5 cm³/mol. The molecule has 0 unspecified atom stereocenters. The van der Waals surface area contributed by atoms with Gasteiger partial charge < -0.3 is 5.11 Å². The van der Waals surface area contributed by atoms with Gasteiger partial charge >= 0.3 is 5.97 Å². The van der Waals surface area contributed by atoms with Gasteiger partial charge in [-0.3, -0.25) is 4.72 Å². The fourth-order valence-corrected chi connectivity index (χ4v) is 3.66. The van der Waals surface area contributed by atoms with Crippen LogP contribution in [0, 0.1) is 0 Å². The number of benzene rings is 1. The molecule has 0 spiro atoms. The Bertz CT molecular complexity index is 771. The molecule has 0 bridgehead atoms. The molecule has 2 N–H and O–H groups in total. The van der Waals surface area contributed by atoms with Crippen LogP contribution in [0.2, 0.25) is 10.0 Å². The van der Waals surface area contributed by atoms with Crippen LogP contribution in [0.4, 0.5) is 5.82 Å². The zero-order chi connectivity index (χ0) is 15.6. The summed E-state index contributed by atoms with van der Waals surface area (Å²) in [5.74, 6) is -1.21. The van der Waals surface area contributed by atoms with Crippen LogP contribution in [-0.4, -0.2) is 24.5 Å². The van der Waals surface area contributed by atoms with Gasteiger partial charge in [-0.15, -0.1) is 0 Å². The van der Waals surface area contributed by atoms with Gasteiger partial charge in [-0.25, -0.2) is 18.2 Å². The number of anilines is 1. The van der Waals surface area contributed by atoms with Gasteiger partial charge in [-0.1, -0.05) is 29.3 Å². The molecule has 0 amide bonds. The summed E-state index contributed by atoms with van der Waals surface area (Å²) >= 11 is 11.7. The first-order valence-electron chi connectivity index (χ1n) is 5.47. The first-order chi connectivity index (χ1) is 9.81. The van der Waals surface area contributed by atoms with Crippen molar-refractivity contribution in [1.29, 1.82) is 0 Å². The largest absolute Gasteiger partial charge is 0.478 e. The topological polar surface area (TPSA) is 96.4 Å². The zero-order valence-electron chi connectivity index (χ0n) is 10.2. The van der Waals surface area contributed by atoms with Crippen LogP contribution >= 0.6 is 23.2 Å². The van der Waals surface area contributed by atoms with Crippen molar-refractivity contribution in [2.75, 3.05) is 4.72 Å². The van der Waals surface area contributed by atoms with E-state index >= 15 is 0 Å². The van der Waals surface area contributed by atoms with Crippen LogP contribution < -0.4 is 4.72 Å². The Kier molecular flexibility index (Phi) is 4.36. The minimum absolute atomic E-state index is 0.0304. The number of nitrogens with zero attached hydrogens (tertiary/aromatic N) is 1. The van der Waals surface area contributed by atoms with Crippen molar-refractivity contribution in [3.05, 3.63) is 52.1 Å². The summed E-state index contributed by atoms with van der Waals surface area (Å²) in [5.41, 5.74) is -0.0614. The molecular weight excluding hydrogens is 339 g/mol. The first-order valence-corrected chi connectivity index (χ1v) is 7.71. The van der Waals surface area contributed by atoms with Crippen molar-refractivity contribution >= 4 is 45.0 Å². The van der Waals surface area contributed by atoms with E-state index in [1.165, 1.54) is 30.3 Å². The lowest BCUT2D eigenvalue weighted by molar-refractivity contribution is 0.0696. The molecule has 1 aromatic carbocycles. The van der Waals surface area contributed by atoms with E-state index in [0.29, 0.717) is 0 Å². The lowest BCUT2D eigenvalue weighted by Crippen LogP contribution is -2.15. The molecule has 6 nitrogen and oxygen atoms in total. The maximum absolute atomic E-state index is 12.2. The number of carboxylic acids is 1. The first kappa shape index (κ1) is 15.6. The molecule has 21 heavy (non-hydrogen) atoms. The minimum atomic E-state index is -4.03. The predicted octanol–water partition coefficient (Wildman–Crippen LogP) is 2.89. The van der Waals surface area contributed by atoms with E-state index in [1.807, 2.05) is 0 Å². The maximum atomic E-state index is 12.2. The molecule has 2 rings (SSSR count). The van der Waals surface area contributed by atoms with Gasteiger partial charge in [0.05, 0.1) is 15.6 Å². The molecule has 9 heteroatoms. The monoisotopic (exact) mass is 346 g/mol. The molecule has 110 valence electrons. The summed E-state index contributed by atoms with van der Waals surface area (Å²) in [6.07, 6.45) is 1.04. The number of hydrogen-bond acceptors (Lipinski definition) is 4. The van der Waals surface area contributed by atoms with Gasteiger partial charge in [0, 0.05) is 6.20 Å². The fraction of sp³-hybridized carbons (Fsp3) is 0. The SMILES string of the molecule is O=C(O)c1ccc(NS(=O)(=O)c2c(Cl)cccc2Cl)nc1. The Morgan fingerprint density at radius 3 is 2.24 bits per heavy atom. The Morgan fingerprint density at radius 1 is 1.14 bits per heavy atom. The number of hydrogen-bond donors (Lipinski definition) is 2. The molecule has 0 saturated carbocycles. The molecule has 0 aliphatic heterocycles. The highest BCUT2D eigenvalue weighted by Gasteiger charge is 2.22. The number of carbonyl (C=O) groups is 1. The molecule has 0 saturated heterocycles. The third kappa shape index (κ3) is 3.44. The fourth-order valence-electron chi connectivity index (χ4n) is 1.51. The normalized spacial score (nSPS) is 11.1. The molecule has 0 radical (unpaired) electrons. The van der Waals surface area contributed by atoms with E-state index in [-0.39, 0.29) is 26.3 Å². The van der Waals surface area contributed by atoms with Crippen molar-refractivity contribution in [1.82, 2.24) is 4.98 Å². The second-order valence-corrected chi connectivity index (χ2v) is 6.33. The highest BCUT2D eigenvalue weighted by molar-refractivity contribution is 7.93. The molecule has 0 aliphatic carbocycles. The van der Waals surface area contributed by atoms with Gasteiger partial charge in [0.2, 0.25) is 0 Å². The number of carboxylic acid groups (broad SMARTS) is 1. The summed E-state index contributed by atoms with van der Waals surface area (Å²) in [6, 6.07) is 6.75. The van der Waals surface area contributed by atoms with E-state index < -0.39 is 16.0 Å². The Hall–Kier alpha value is -1.83. The van der Waals surface area contributed by atoms with Crippen molar-refractivity contribution < 1.29 is 18.3 Å². The van der Waals surface area contributed by atoms with Crippen LogP contribution in [-0.2, 0) is 10.0 Å². The van der Waals surface area contributed by atoms with E-state index in [2.05, 4.69) is 9.71 Å². The molecule has 0 atom stereocenters. The Labute approximate surface area is 130 Å². The van der Waals surface area contributed by atoms with E-state index in [1.54, 1.807) is 0 Å². The minimum Gasteiger partial charge on any atom is -0.478 e. The molecule has 0 fully saturated rings. The Balaban J connectivity index is 2.35. The molecular formula is C12H8Cl2N2O4S. The molecule has 2 aromatic rings. The highest BCUT2D eigenvalue weighted by atomic mass is 35.5. The van der Waals surface area contributed by atoms with Gasteiger partial charge in [-0.2, -0.15) is 0 Å². The zero-order valence-corrected chi connectivity index (χ0v) is 12.6. The Morgan fingerprint density at radius 2 is 1.76 bits per heavy atom. The molecule has 1 aromatic heterocycles. The second kappa shape index (κ2) is 5.88. The third-order valence-electron chi connectivity index (χ3n) is 2.44. The number of aromatic carboxylic acids is 1. The highest BCUT2D eigenvalue weighted by Crippen LogP contribution is 2.30. The quantitative estimate of drug-likeness (QED) is 0.887. The number of sulfonamides is 1. The van der Waals surface area contributed by atoms with Crippen LogP contribution in [0.15, 0.2) is 41.4 Å². The summed E-state index contributed by atoms with van der Waals surface area (Å²) in [7, 11) is -4.03. The average molecular weight is 347 g/mol. The molecule has 0 aliphatic rings. The van der Waals surface area contributed by atoms with Crippen molar-refractivity contribution in [2.45, 2.75) is 4.90 Å². The van der Waals surface area contributed by atoms with Gasteiger partial charge in [0.25, 0.3) is 10.0 Å². The summed E-state index contributed by atoms with van der Waals surface area (Å²) in [4.78, 5) is 14.1. The maximum Gasteiger partial charge on any atom is 0.337 e. The van der Waals surface area contributed by atoms with E-state index in [9.17, 15) is 13.2 Å². The van der Waals surface area contributed by atoms with Crippen LogP contribution in [0.3, 0.4) is 0 Å². The third-order valence-corrected chi connectivity index (χ3v) is 4.75. The second-order valence-electron chi connectivity index (χ2n) is 3.89. The lowest BCUT2D eigenvalue weighted by atomic mass is 10.3. The number of nitrogens with one attached hydrogen (secondary N) is 1. The van der Waals surface area contributed by atoms with E-state index in [4.69, 9.17) is 28.3 Å². The van der Waals surface area contributed by atoms with Crippen molar-refractivity contribution in [3.8, 4) is 0 Å². The summed E-state index contributed by atoms with van der Waals surface area (Å²) in [5, 5.41) is 8.68. The van der Waals surface area contributed by atoms with Crippen LogP contribution in [0.1, 0.15) is 10.4 Å². The number of halogens is 2. The standard InChI is InChI=1S/C12H8Cl2N2O4S/c13-8-2-1-3-9(14)11(8)21(19,20)16-10-5-4-7(6-15-10)12(17)18/h1-6H,(H,15,16)(H,17,18). The summed E-state index contributed by atoms with van der Waals surface area (Å²) < 4.78 is 26.6. The molecule has 1 heterocycles. The summed E-state index contributed by atoms with van der Waals surface area (Å²) in [6.45, 7) is 0. The number of aromatic nitrogens is 1. The average Bonchev–Trinajstić information content (AvgIpc) is 2.38. The van der Waals surface area contributed by atoms with Crippen molar-refractivity contribution in [2.24, 2.45) is 0 Å². The van der Waals surface area contributed by atoms with Crippen molar-refractivity contribution in [3.63, 3.8) is 0 Å². The number of rotatable bonds is 4. The van der Waals surface area contributed by atoms with Crippen LogP contribution in [0.25, 0.3) is 0 Å². The van der Waals surface area contributed by atoms with E-state index in [0.717, 1.165) is 6.20 Å². The van der Waals surface area contributed by atoms with Crippen LogP contribution in [0.5, 0.6) is 0 Å². The smallest absolute Gasteiger partial charge is 0.337 e. The lowest BCUT2D eigenvalue weighted by Gasteiger charge is -2.10. The van der Waals surface area contributed by atoms with Gasteiger partial charge in [0.15, 0.2) is 0 Å². The van der Waals surface area contributed by atoms with Gasteiger partial charge in [-0.05, 0) is 24.3 Å². The van der Waals surface area contributed by atoms with Gasteiger partial charge in [0.1, 0.15) is 10.7 Å². The number of pyridine rings is 1.